The van der Waals surface area contributed by atoms with E-state index in [0.29, 0.717) is 15.2 Å². The third-order valence-electron chi connectivity index (χ3n) is 5.18. The summed E-state index contributed by atoms with van der Waals surface area (Å²) in [5.74, 6) is -1.05. The van der Waals surface area contributed by atoms with Gasteiger partial charge in [0, 0.05) is 20.1 Å². The zero-order valence-corrected chi connectivity index (χ0v) is 22.0. The van der Waals surface area contributed by atoms with Gasteiger partial charge in [-0.2, -0.15) is 0 Å². The fourth-order valence-electron chi connectivity index (χ4n) is 3.47. The molecule has 0 radical (unpaired) electrons. The number of halogens is 3. The summed E-state index contributed by atoms with van der Waals surface area (Å²) < 4.78 is 14.9. The molecule has 2 N–H and O–H groups in total. The summed E-state index contributed by atoms with van der Waals surface area (Å²) in [6, 6.07) is 28.2. The maximum atomic E-state index is 14.4. The van der Waals surface area contributed by atoms with Crippen LogP contribution in [-0.2, 0) is 16.0 Å². The lowest BCUT2D eigenvalue weighted by Crippen LogP contribution is -2.19. The fraction of sp³-hybridized carbons (Fsp3) is 0.0714. The number of thioether (sulfide) groups is 1. The van der Waals surface area contributed by atoms with E-state index in [2.05, 4.69) is 26.6 Å². The smallest absolute Gasteiger partial charge is 0.242 e. The summed E-state index contributed by atoms with van der Waals surface area (Å²) in [5, 5.41) is 5.57. The Balaban J connectivity index is 1.50. The van der Waals surface area contributed by atoms with Crippen molar-refractivity contribution in [3.8, 4) is 0 Å². The maximum Gasteiger partial charge on any atom is 0.242 e. The van der Waals surface area contributed by atoms with E-state index in [9.17, 15) is 14.0 Å². The van der Waals surface area contributed by atoms with E-state index in [1.807, 2.05) is 60.7 Å². The molecule has 4 aromatic rings. The molecule has 0 aliphatic carbocycles. The molecule has 8 heteroatoms. The lowest BCUT2D eigenvalue weighted by molar-refractivity contribution is -0.116. The molecule has 0 bridgehead atoms. The largest absolute Gasteiger partial charge is 0.326 e. The molecule has 1 unspecified atom stereocenters. The van der Waals surface area contributed by atoms with E-state index in [0.717, 1.165) is 16.0 Å². The number of amides is 2. The van der Waals surface area contributed by atoms with Crippen molar-refractivity contribution >= 4 is 62.5 Å². The summed E-state index contributed by atoms with van der Waals surface area (Å²) in [6.45, 7) is 0. The third kappa shape index (κ3) is 7.20. The van der Waals surface area contributed by atoms with Gasteiger partial charge in [0.15, 0.2) is 0 Å². The number of hydrogen-bond acceptors (Lipinski definition) is 3. The van der Waals surface area contributed by atoms with Crippen LogP contribution in [0.25, 0.3) is 0 Å². The Bertz CT molecular complexity index is 1370. The predicted molar refractivity (Wildman–Crippen MR) is 148 cm³/mol. The Morgan fingerprint density at radius 1 is 0.889 bits per heavy atom. The van der Waals surface area contributed by atoms with Crippen molar-refractivity contribution in [3.05, 3.63) is 124 Å². The minimum atomic E-state index is -0.644. The molecule has 2 amide bonds. The average Bonchev–Trinajstić information content (AvgIpc) is 2.86. The Morgan fingerprint density at radius 2 is 1.64 bits per heavy atom. The number of rotatable bonds is 8. The summed E-state index contributed by atoms with van der Waals surface area (Å²) >= 11 is 10.5. The van der Waals surface area contributed by atoms with Crippen LogP contribution >= 0.6 is 39.3 Å². The van der Waals surface area contributed by atoms with Gasteiger partial charge in [-0.25, -0.2) is 4.39 Å². The van der Waals surface area contributed by atoms with Gasteiger partial charge in [0.05, 0.1) is 12.1 Å². The van der Waals surface area contributed by atoms with Crippen LogP contribution in [-0.4, -0.2) is 11.8 Å². The summed E-state index contributed by atoms with van der Waals surface area (Å²) in [5.41, 5.74) is 2.34. The molecule has 0 saturated heterocycles. The first kappa shape index (κ1) is 25.9. The maximum absolute atomic E-state index is 14.4. The Hall–Kier alpha value is -3.13. The van der Waals surface area contributed by atoms with Crippen LogP contribution in [0.5, 0.6) is 0 Å². The molecule has 4 aromatic carbocycles. The minimum Gasteiger partial charge on any atom is -0.326 e. The summed E-state index contributed by atoms with van der Waals surface area (Å²) in [6.07, 6.45) is 0.211. The molecule has 4 nitrogen and oxygen atoms in total. The first-order chi connectivity index (χ1) is 17.4. The highest BCUT2D eigenvalue weighted by Crippen LogP contribution is 2.37. The van der Waals surface area contributed by atoms with Gasteiger partial charge in [0.1, 0.15) is 11.1 Å². The van der Waals surface area contributed by atoms with Gasteiger partial charge >= 0.3 is 0 Å². The Morgan fingerprint density at radius 3 is 2.36 bits per heavy atom. The zero-order chi connectivity index (χ0) is 25.5. The highest BCUT2D eigenvalue weighted by atomic mass is 79.9. The van der Waals surface area contributed by atoms with Crippen LogP contribution < -0.4 is 10.6 Å². The number of benzene rings is 4. The molecule has 36 heavy (non-hydrogen) atoms. The molecule has 0 fully saturated rings. The Kier molecular flexibility index (Phi) is 8.80. The van der Waals surface area contributed by atoms with E-state index in [4.69, 9.17) is 11.6 Å². The predicted octanol–water partition coefficient (Wildman–Crippen LogP) is 7.89. The van der Waals surface area contributed by atoms with E-state index >= 15 is 0 Å². The van der Waals surface area contributed by atoms with Crippen molar-refractivity contribution in [1.29, 1.82) is 0 Å². The van der Waals surface area contributed by atoms with Gasteiger partial charge in [-0.15, -0.1) is 11.8 Å². The number of anilines is 2. The van der Waals surface area contributed by atoms with Crippen LogP contribution in [0.1, 0.15) is 16.4 Å². The molecule has 4 rings (SSSR count). The molecule has 0 saturated carbocycles. The van der Waals surface area contributed by atoms with Crippen molar-refractivity contribution in [2.75, 3.05) is 10.6 Å². The summed E-state index contributed by atoms with van der Waals surface area (Å²) in [7, 11) is 0. The van der Waals surface area contributed by atoms with E-state index in [1.165, 1.54) is 23.9 Å². The zero-order valence-electron chi connectivity index (χ0n) is 18.9. The SMILES string of the molecule is O=C(Cc1ccc(Cl)cc1)Nc1cccc(SC(C(=O)Nc2ccc(Br)cc2F)c2ccccc2)c1. The standard InChI is InChI=1S/C28H21BrClFN2O2S/c29-20-11-14-25(24(31)16-20)33-28(35)27(19-5-2-1-3-6-19)36-23-8-4-7-22(17-23)32-26(34)15-18-9-12-21(30)13-10-18/h1-14,16-17,27H,15H2,(H,32,34)(H,33,35). The second-order valence-corrected chi connectivity index (χ2v) is 10.4. The van der Waals surface area contributed by atoms with Gasteiger partial charge in [-0.3, -0.25) is 9.59 Å². The van der Waals surface area contributed by atoms with Crippen molar-refractivity contribution in [3.63, 3.8) is 0 Å². The van der Waals surface area contributed by atoms with Crippen LogP contribution in [0.3, 0.4) is 0 Å². The normalized spacial score (nSPS) is 11.5. The van der Waals surface area contributed by atoms with E-state index in [1.54, 1.807) is 24.3 Å². The Labute approximate surface area is 226 Å². The second-order valence-electron chi connectivity index (χ2n) is 7.90. The molecule has 0 aliphatic heterocycles. The van der Waals surface area contributed by atoms with Crippen molar-refractivity contribution in [2.45, 2.75) is 16.6 Å². The van der Waals surface area contributed by atoms with Crippen LogP contribution in [0.4, 0.5) is 15.8 Å². The molecular formula is C28H21BrClFN2O2S. The highest BCUT2D eigenvalue weighted by Gasteiger charge is 2.23. The first-order valence-corrected chi connectivity index (χ1v) is 13.0. The lowest BCUT2D eigenvalue weighted by Gasteiger charge is -2.18. The van der Waals surface area contributed by atoms with Gasteiger partial charge < -0.3 is 10.6 Å². The van der Waals surface area contributed by atoms with Gasteiger partial charge in [0.25, 0.3) is 0 Å². The lowest BCUT2D eigenvalue weighted by atomic mass is 10.1. The number of nitrogens with one attached hydrogen (secondary N) is 2. The molecule has 0 aromatic heterocycles. The number of carbonyl (C=O) groups excluding carboxylic acids is 2. The van der Waals surface area contributed by atoms with Gasteiger partial charge in [0.2, 0.25) is 11.8 Å². The number of carbonyl (C=O) groups is 2. The molecule has 182 valence electrons. The van der Waals surface area contributed by atoms with Crippen molar-refractivity contribution in [2.24, 2.45) is 0 Å². The topological polar surface area (TPSA) is 58.2 Å². The minimum absolute atomic E-state index is 0.105. The van der Waals surface area contributed by atoms with Crippen molar-refractivity contribution < 1.29 is 14.0 Å². The fourth-order valence-corrected chi connectivity index (χ4v) is 5.01. The average molecular weight is 584 g/mol. The molecular weight excluding hydrogens is 563 g/mol. The second kappa shape index (κ2) is 12.2. The highest BCUT2D eigenvalue weighted by molar-refractivity contribution is 9.10. The van der Waals surface area contributed by atoms with E-state index in [-0.39, 0.29) is 23.9 Å². The van der Waals surface area contributed by atoms with E-state index < -0.39 is 11.1 Å². The molecule has 1 atom stereocenters. The quantitative estimate of drug-likeness (QED) is 0.207. The molecule has 0 spiro atoms. The first-order valence-electron chi connectivity index (χ1n) is 11.0. The van der Waals surface area contributed by atoms with Crippen LogP contribution in [0, 0.1) is 5.82 Å². The molecule has 0 aliphatic rings. The van der Waals surface area contributed by atoms with Crippen molar-refractivity contribution in [1.82, 2.24) is 0 Å². The van der Waals surface area contributed by atoms with Gasteiger partial charge in [-0.1, -0.05) is 76.1 Å². The third-order valence-corrected chi connectivity index (χ3v) is 7.17. The summed E-state index contributed by atoms with van der Waals surface area (Å²) in [4.78, 5) is 26.6. The van der Waals surface area contributed by atoms with Gasteiger partial charge in [-0.05, 0) is 59.7 Å². The monoisotopic (exact) mass is 582 g/mol. The molecule has 0 heterocycles. The number of hydrogen-bond donors (Lipinski definition) is 2. The van der Waals surface area contributed by atoms with Crippen LogP contribution in [0.15, 0.2) is 106 Å². The van der Waals surface area contributed by atoms with Crippen LogP contribution in [0.2, 0.25) is 5.02 Å².